The van der Waals surface area contributed by atoms with E-state index in [2.05, 4.69) is 5.32 Å². The van der Waals surface area contributed by atoms with Gasteiger partial charge in [-0.2, -0.15) is 0 Å². The Morgan fingerprint density at radius 3 is 2.57 bits per heavy atom. The number of aromatic nitrogens is 1. The number of nitro groups is 1. The Morgan fingerprint density at radius 1 is 1.29 bits per heavy atom. The molecule has 0 aliphatic carbocycles. The van der Waals surface area contributed by atoms with Crippen molar-refractivity contribution in [3.63, 3.8) is 0 Å². The molecule has 2 atom stereocenters. The summed E-state index contributed by atoms with van der Waals surface area (Å²) in [7, 11) is 0. The number of carbonyl (C=O) groups is 1. The molecule has 0 spiro atoms. The highest BCUT2D eigenvalue weighted by Gasteiger charge is 2.54. The fraction of sp³-hybridized carbons (Fsp3) is 0.368. The molecule has 2 N–H and O–H groups in total. The van der Waals surface area contributed by atoms with Crippen LogP contribution in [0.25, 0.3) is 0 Å². The summed E-state index contributed by atoms with van der Waals surface area (Å²) < 4.78 is 7.16. The molecule has 0 saturated heterocycles. The van der Waals surface area contributed by atoms with Gasteiger partial charge in [-0.3, -0.25) is 19.7 Å². The minimum Gasteiger partial charge on any atom is -0.484 e. The molecule has 9 nitrogen and oxygen atoms in total. The predicted octanol–water partition coefficient (Wildman–Crippen LogP) is 2.23. The number of nitrogens with one attached hydrogen (secondary N) is 1. The molecule has 2 heterocycles. The number of hydrogen-bond donors (Lipinski definition) is 2. The molecule has 0 fully saturated rings. The molecule has 1 aliphatic heterocycles. The lowest BCUT2D eigenvalue weighted by Crippen LogP contribution is -2.60. The van der Waals surface area contributed by atoms with E-state index in [-0.39, 0.29) is 11.6 Å². The van der Waals surface area contributed by atoms with E-state index < -0.39 is 27.7 Å². The van der Waals surface area contributed by atoms with E-state index in [0.717, 1.165) is 0 Å². The second-order valence-corrected chi connectivity index (χ2v) is 7.49. The molecule has 28 heavy (non-hydrogen) atoms. The normalized spacial score (nSPS) is 22.7. The molecule has 148 valence electrons. The van der Waals surface area contributed by atoms with Crippen molar-refractivity contribution in [3.05, 3.63) is 62.6 Å². The van der Waals surface area contributed by atoms with Crippen LogP contribution in [-0.4, -0.2) is 31.7 Å². The van der Waals surface area contributed by atoms with Gasteiger partial charge < -0.3 is 19.7 Å². The number of fused-ring (bicyclic) bond motifs is 1. The lowest BCUT2D eigenvalue weighted by Gasteiger charge is -2.49. The van der Waals surface area contributed by atoms with Gasteiger partial charge in [0, 0.05) is 36.9 Å². The van der Waals surface area contributed by atoms with Gasteiger partial charge in [0.05, 0.1) is 16.7 Å². The highest BCUT2D eigenvalue weighted by Crippen LogP contribution is 2.48. The number of anilines is 1. The smallest absolute Gasteiger partial charge is 0.270 e. The van der Waals surface area contributed by atoms with Gasteiger partial charge in [0.2, 0.25) is 5.91 Å². The average Bonchev–Trinajstić information content (AvgIpc) is 2.57. The molecule has 2 unspecified atom stereocenters. The molecule has 9 heteroatoms. The van der Waals surface area contributed by atoms with Crippen LogP contribution in [0.3, 0.4) is 0 Å². The molecule has 1 aliphatic rings. The molecule has 1 aromatic carbocycles. The van der Waals surface area contributed by atoms with Crippen LogP contribution in [0.1, 0.15) is 39.3 Å². The number of benzene rings is 1. The second-order valence-electron chi connectivity index (χ2n) is 7.49. The molecule has 0 bridgehead atoms. The van der Waals surface area contributed by atoms with E-state index in [4.69, 9.17) is 4.74 Å². The van der Waals surface area contributed by atoms with Crippen molar-refractivity contribution in [3.8, 4) is 5.75 Å². The summed E-state index contributed by atoms with van der Waals surface area (Å²) in [6.45, 7) is 6.19. The van der Waals surface area contributed by atoms with Crippen molar-refractivity contribution in [1.82, 2.24) is 4.57 Å². The molecular formula is C19H21N3O6. The van der Waals surface area contributed by atoms with E-state index in [9.17, 15) is 24.8 Å². The van der Waals surface area contributed by atoms with Gasteiger partial charge in [0.15, 0.2) is 0 Å². The first-order valence-electron chi connectivity index (χ1n) is 8.63. The van der Waals surface area contributed by atoms with Crippen molar-refractivity contribution in [2.75, 3.05) is 5.32 Å². The molecule has 1 aromatic heterocycles. The van der Waals surface area contributed by atoms with Crippen LogP contribution in [0.15, 0.2) is 41.3 Å². The fourth-order valence-corrected chi connectivity index (χ4v) is 3.37. The zero-order chi connectivity index (χ0) is 20.9. The van der Waals surface area contributed by atoms with E-state index in [1.807, 2.05) is 0 Å². The van der Waals surface area contributed by atoms with Gasteiger partial charge in [-0.05, 0) is 32.9 Å². The molecule has 1 amide bonds. The lowest BCUT2D eigenvalue weighted by atomic mass is 9.75. The van der Waals surface area contributed by atoms with E-state index >= 15 is 0 Å². The van der Waals surface area contributed by atoms with Crippen molar-refractivity contribution in [2.45, 2.75) is 44.9 Å². The minimum atomic E-state index is -1.60. The number of rotatable bonds is 3. The average molecular weight is 387 g/mol. The molecule has 2 aromatic rings. The van der Waals surface area contributed by atoms with Gasteiger partial charge in [-0.25, -0.2) is 0 Å². The number of aliphatic hydroxyl groups is 1. The van der Waals surface area contributed by atoms with Crippen molar-refractivity contribution in [1.29, 1.82) is 0 Å². The summed E-state index contributed by atoms with van der Waals surface area (Å²) in [6.07, 6.45) is 1.41. The van der Waals surface area contributed by atoms with Crippen molar-refractivity contribution < 1.29 is 19.6 Å². The van der Waals surface area contributed by atoms with Gasteiger partial charge in [0.1, 0.15) is 17.0 Å². The number of nitrogens with zero attached hydrogens (tertiary/aromatic N) is 2. The molecule has 0 radical (unpaired) electrons. The first kappa shape index (κ1) is 19.6. The SMILES string of the molecule is CC(=O)Nc1ccc(=O)n(C2c3cc([N+](=O)[O-])ccc3OC(C)(C)C2(C)O)c1. The van der Waals surface area contributed by atoms with Crippen LogP contribution in [0, 0.1) is 10.1 Å². The Labute approximate surface area is 160 Å². The zero-order valence-corrected chi connectivity index (χ0v) is 15.9. The Balaban J connectivity index is 2.29. The van der Waals surface area contributed by atoms with Crippen LogP contribution in [0.5, 0.6) is 5.75 Å². The third-order valence-corrected chi connectivity index (χ3v) is 5.15. The maximum Gasteiger partial charge on any atom is 0.270 e. The maximum absolute atomic E-state index is 12.6. The number of pyridine rings is 1. The number of hydrogen-bond acceptors (Lipinski definition) is 6. The summed E-state index contributed by atoms with van der Waals surface area (Å²) in [4.78, 5) is 34.7. The standard InChI is InChI=1S/C19H21N3O6/c1-11(23)20-12-5-8-16(24)21(10-12)17-14-9-13(22(26)27)6-7-15(14)28-18(2,3)19(17,4)25/h5-10,17,25H,1-4H3,(H,20,23). The van der Waals surface area contributed by atoms with Gasteiger partial charge in [-0.1, -0.05) is 0 Å². The monoisotopic (exact) mass is 387 g/mol. The third-order valence-electron chi connectivity index (χ3n) is 5.15. The highest BCUT2D eigenvalue weighted by atomic mass is 16.6. The molecule has 3 rings (SSSR count). The Hall–Kier alpha value is -3.20. The van der Waals surface area contributed by atoms with Gasteiger partial charge in [-0.15, -0.1) is 0 Å². The fourth-order valence-electron chi connectivity index (χ4n) is 3.37. The number of nitro benzene ring substituents is 1. The molecule has 0 saturated carbocycles. The first-order chi connectivity index (χ1) is 12.9. The molecular weight excluding hydrogens is 366 g/mol. The van der Waals surface area contributed by atoms with Crippen LogP contribution < -0.4 is 15.6 Å². The van der Waals surface area contributed by atoms with Crippen LogP contribution in [0.4, 0.5) is 11.4 Å². The summed E-state index contributed by atoms with van der Waals surface area (Å²) >= 11 is 0. The number of amides is 1. The first-order valence-corrected chi connectivity index (χ1v) is 8.63. The number of non-ortho nitro benzene ring substituents is 1. The summed E-state index contributed by atoms with van der Waals surface area (Å²) in [5, 5.41) is 25.2. The Kier molecular flexibility index (Phi) is 4.50. The quantitative estimate of drug-likeness (QED) is 0.615. The number of ether oxygens (including phenoxy) is 1. The van der Waals surface area contributed by atoms with E-state index in [1.165, 1.54) is 54.9 Å². The summed E-state index contributed by atoms with van der Waals surface area (Å²) in [5.41, 5.74) is -2.67. The van der Waals surface area contributed by atoms with E-state index in [0.29, 0.717) is 17.0 Å². The third kappa shape index (κ3) is 3.13. The van der Waals surface area contributed by atoms with Crippen molar-refractivity contribution in [2.24, 2.45) is 0 Å². The van der Waals surface area contributed by atoms with Crippen LogP contribution in [0.2, 0.25) is 0 Å². The largest absolute Gasteiger partial charge is 0.484 e. The van der Waals surface area contributed by atoms with Crippen LogP contribution in [-0.2, 0) is 4.79 Å². The Bertz CT molecular complexity index is 1020. The second kappa shape index (κ2) is 6.45. The maximum atomic E-state index is 12.6. The zero-order valence-electron chi connectivity index (χ0n) is 15.9. The topological polar surface area (TPSA) is 124 Å². The minimum absolute atomic E-state index is 0.186. The lowest BCUT2D eigenvalue weighted by molar-refractivity contribution is -0.385. The Morgan fingerprint density at radius 2 is 1.96 bits per heavy atom. The highest BCUT2D eigenvalue weighted by molar-refractivity contribution is 5.88. The predicted molar refractivity (Wildman–Crippen MR) is 102 cm³/mol. The van der Waals surface area contributed by atoms with E-state index in [1.54, 1.807) is 13.8 Å². The van der Waals surface area contributed by atoms with Gasteiger partial charge >= 0.3 is 0 Å². The van der Waals surface area contributed by atoms with Crippen molar-refractivity contribution >= 4 is 17.3 Å². The van der Waals surface area contributed by atoms with Gasteiger partial charge in [0.25, 0.3) is 11.2 Å². The van der Waals surface area contributed by atoms with Crippen LogP contribution >= 0.6 is 0 Å². The summed E-state index contributed by atoms with van der Waals surface area (Å²) in [6, 6.07) is 5.80. The summed E-state index contributed by atoms with van der Waals surface area (Å²) in [5.74, 6) is 0.0178. The number of carbonyl (C=O) groups excluding carboxylic acids is 1.